The molecule has 2 saturated heterocycles. The maximum Gasteiger partial charge on any atom is 0.337 e. The van der Waals surface area contributed by atoms with Crippen molar-refractivity contribution in [3.8, 4) is 0 Å². The number of aromatic nitrogens is 2. The Bertz CT molecular complexity index is 6010. The van der Waals surface area contributed by atoms with Crippen molar-refractivity contribution in [1.29, 1.82) is 0 Å². The SMILES string of the molecule is CC(=O)c1cccc2c1NC(c1ccc(Cl)cc1)C1CC=CC21.Cc1c2ccccc2nc2c(F)c(N3CCCC3)c(F)c(F)c12.Cc1c2ccccc2nc2c(F)c(N3CCN(C)CC3)c(F)c(F)c12.O=C(O)c1cc(Br)cc2c1NC(c1ccc(Cl)cc1)C1CC=CC21.O=C(O)c1cccc2c1NC(c1ccccc1)C1CC=CC21. The van der Waals surface area contributed by atoms with E-state index in [2.05, 4.69) is 114 Å². The standard InChI is InChI=1S/C20H18ClNO.C19H15BrClNO2.C19H18F3N3.C19H17NO2.C18H15F3N2/c1-12(23)15-4-2-7-18-16-5-3-6-17(16)19(22-20(15)18)13-8-10-14(21)11-9-13;20-11-8-15-13-2-1-3-14(13)17(10-4-6-12(21)7-5-10)22-18(15)16(9-11)19(23)24;1-11-12-5-3-4-6-13(12)23-18-14(11)15(20)16(21)19(17(18)22)25-9-7-24(2)8-10-25;21-19(22)16-11-5-10-15-13-8-4-9-14(13)17(20-18(15)16)12-6-2-1-3-7-12;1-10-11-6-2-3-7-12(11)22-17-13(10)14(19)15(20)18(16(17)21)23-8-4-5-9-23/h2-5,7-11,16-17,19,22H,6H2,1H3;1-2,4-9,13-14,17,22H,3H2,(H,23,24);3-6H,7-10H2,1-2H3;1-8,10-11,13-14,17,20H,9H2,(H,21,22);2-3,6-7H,4-5,8-9H2,1H3. The molecule has 12 aromatic rings. The van der Waals surface area contributed by atoms with Crippen LogP contribution in [0.2, 0.25) is 10.0 Å². The molecule has 8 aliphatic rings. The summed E-state index contributed by atoms with van der Waals surface area (Å²) < 4.78 is 89.7. The second kappa shape index (κ2) is 33.5. The number of likely N-dealkylation sites (N-methyl/N-ethyl adjacent to an activating group) is 1. The Morgan fingerprint density at radius 2 is 0.838 bits per heavy atom. The number of nitrogens with zero attached hydrogens (tertiary/aromatic N) is 5. The highest BCUT2D eigenvalue weighted by Gasteiger charge is 2.43. The molecule has 5 N–H and O–H groups in total. The van der Waals surface area contributed by atoms with Crippen LogP contribution in [0.25, 0.3) is 43.6 Å². The number of pyridine rings is 2. The number of nitrogens with one attached hydrogen (secondary N) is 3. The van der Waals surface area contributed by atoms with Crippen LogP contribution in [0.3, 0.4) is 0 Å². The smallest absolute Gasteiger partial charge is 0.337 e. The van der Waals surface area contributed by atoms with E-state index in [9.17, 15) is 46.5 Å². The van der Waals surface area contributed by atoms with Gasteiger partial charge in [0.1, 0.15) is 22.4 Å². The van der Waals surface area contributed by atoms with Crippen LogP contribution in [0.1, 0.15) is 150 Å². The summed E-state index contributed by atoms with van der Waals surface area (Å²) >= 11 is 15.5. The summed E-state index contributed by atoms with van der Waals surface area (Å²) in [5.74, 6) is -5.37. The van der Waals surface area contributed by atoms with Gasteiger partial charge >= 0.3 is 11.9 Å². The number of Topliss-reactive ketones (excluding diaryl/α,β-unsaturated/α-hetero) is 1. The number of para-hydroxylation sites is 4. The Balaban J connectivity index is 0.000000110. The summed E-state index contributed by atoms with van der Waals surface area (Å²) in [6, 6.07) is 56.0. The van der Waals surface area contributed by atoms with E-state index in [4.69, 9.17) is 23.2 Å². The van der Waals surface area contributed by atoms with Gasteiger partial charge in [0.25, 0.3) is 0 Å². The van der Waals surface area contributed by atoms with E-state index in [1.807, 2.05) is 92.0 Å². The maximum atomic E-state index is 15.2. The number of rotatable bonds is 8. The number of allylic oxidation sites excluding steroid dienone is 6. The molecule has 2 aromatic heterocycles. The lowest BCUT2D eigenvalue weighted by atomic mass is 9.76. The number of aromatic carboxylic acids is 2. The van der Waals surface area contributed by atoms with E-state index in [-0.39, 0.29) is 63.0 Å². The maximum absolute atomic E-state index is 15.2. The lowest BCUT2D eigenvalue weighted by molar-refractivity contribution is 0.0686. The number of fused-ring (bicyclic) bond motifs is 13. The number of hydrogen-bond donors (Lipinski definition) is 5. The zero-order valence-corrected chi connectivity index (χ0v) is 67.5. The quantitative estimate of drug-likeness (QED) is 0.0321. The number of carboxylic acid groups (broad SMARTS) is 2. The fourth-order valence-electron chi connectivity index (χ4n) is 18.5. The molecule has 7 heterocycles. The summed E-state index contributed by atoms with van der Waals surface area (Å²) in [5.41, 5.74) is 12.2. The predicted octanol–water partition coefficient (Wildman–Crippen LogP) is 23.8. The highest BCUT2D eigenvalue weighted by Crippen LogP contribution is 2.55. The first-order valence-electron chi connectivity index (χ1n) is 39.3. The highest BCUT2D eigenvalue weighted by atomic mass is 79.9. The van der Waals surface area contributed by atoms with Gasteiger partial charge in [-0.2, -0.15) is 0 Å². The molecule has 5 aliphatic heterocycles. The van der Waals surface area contributed by atoms with Gasteiger partial charge in [0.2, 0.25) is 0 Å². The average Bonchev–Trinajstić information content (AvgIpc) is 1.70. The van der Waals surface area contributed by atoms with Gasteiger partial charge in [0.05, 0.1) is 51.7 Å². The minimum absolute atomic E-state index is 0.0639. The van der Waals surface area contributed by atoms with Gasteiger partial charge in [-0.05, 0) is 183 Å². The summed E-state index contributed by atoms with van der Waals surface area (Å²) in [7, 11) is 1.95. The van der Waals surface area contributed by atoms with Crippen LogP contribution in [0.15, 0.2) is 217 Å². The van der Waals surface area contributed by atoms with Crippen molar-refractivity contribution in [1.82, 2.24) is 14.9 Å². The molecule has 0 amide bonds. The number of hydrogen-bond acceptors (Lipinski definition) is 11. The first-order chi connectivity index (χ1) is 56.5. The normalized spacial score (nSPS) is 20.9. The molecule has 22 heteroatoms. The molecule has 10 aromatic carbocycles. The lowest BCUT2D eigenvalue weighted by Gasteiger charge is -2.38. The van der Waals surface area contributed by atoms with Crippen LogP contribution in [0.5, 0.6) is 0 Å². The van der Waals surface area contributed by atoms with E-state index in [0.717, 1.165) is 80.9 Å². The summed E-state index contributed by atoms with van der Waals surface area (Å²) in [6.45, 7) is 8.27. The van der Waals surface area contributed by atoms with Gasteiger partial charge in [-0.15, -0.1) is 0 Å². The van der Waals surface area contributed by atoms with E-state index in [0.29, 0.717) is 118 Å². The van der Waals surface area contributed by atoms with Crippen molar-refractivity contribution >= 4 is 129 Å². The third kappa shape index (κ3) is 15.3. The molecule has 3 aliphatic carbocycles. The largest absolute Gasteiger partial charge is 0.478 e. The molecule has 9 atom stereocenters. The fourth-order valence-corrected chi connectivity index (χ4v) is 19.2. The molecular formula is C95H83BrCl2F6N8O5. The molecule has 0 bridgehead atoms. The Labute approximate surface area is 691 Å². The van der Waals surface area contributed by atoms with Gasteiger partial charge in [0, 0.05) is 104 Å². The number of benzene rings is 10. The second-order valence-electron chi connectivity index (χ2n) is 31.1. The van der Waals surface area contributed by atoms with Crippen LogP contribution in [0, 0.1) is 66.5 Å². The Kier molecular flexibility index (Phi) is 22.9. The van der Waals surface area contributed by atoms with Gasteiger partial charge in [-0.3, -0.25) is 4.79 Å². The summed E-state index contributed by atoms with van der Waals surface area (Å²) in [6.07, 6.45) is 18.1. The van der Waals surface area contributed by atoms with Crippen LogP contribution in [0.4, 0.5) is 54.8 Å². The number of halogens is 9. The first kappa shape index (κ1) is 79.8. The van der Waals surface area contributed by atoms with Gasteiger partial charge in [0.15, 0.2) is 40.7 Å². The van der Waals surface area contributed by atoms with Gasteiger partial charge in [-0.25, -0.2) is 45.9 Å². The van der Waals surface area contributed by atoms with Gasteiger partial charge < -0.3 is 40.9 Å². The summed E-state index contributed by atoms with van der Waals surface area (Å²) in [5, 5.41) is 32.4. The highest BCUT2D eigenvalue weighted by molar-refractivity contribution is 9.10. The van der Waals surface area contributed by atoms with Crippen molar-refractivity contribution in [3.05, 3.63) is 323 Å². The number of carbonyl (C=O) groups excluding carboxylic acids is 1. The van der Waals surface area contributed by atoms with Crippen LogP contribution in [-0.2, 0) is 0 Å². The zero-order valence-electron chi connectivity index (χ0n) is 64.4. The van der Waals surface area contributed by atoms with E-state index in [1.54, 1.807) is 91.2 Å². The number of anilines is 5. The van der Waals surface area contributed by atoms with E-state index >= 15 is 4.39 Å². The number of piperazine rings is 1. The van der Waals surface area contributed by atoms with Crippen molar-refractivity contribution in [2.75, 3.05) is 72.1 Å². The molecular weight excluding hydrogens is 1600 g/mol. The second-order valence-corrected chi connectivity index (χ2v) is 32.9. The van der Waals surface area contributed by atoms with Crippen molar-refractivity contribution in [2.45, 2.75) is 88.8 Å². The number of ketones is 1. The third-order valence-corrected chi connectivity index (χ3v) is 25.3. The lowest BCUT2D eigenvalue weighted by Crippen LogP contribution is -2.45. The predicted molar refractivity (Wildman–Crippen MR) is 458 cm³/mol. The molecule has 13 nitrogen and oxygen atoms in total. The summed E-state index contributed by atoms with van der Waals surface area (Å²) in [4.78, 5) is 49.0. The minimum Gasteiger partial charge on any atom is -0.478 e. The first-order valence-corrected chi connectivity index (χ1v) is 40.9. The molecule has 0 radical (unpaired) electrons. The molecule has 596 valence electrons. The average molecular weight is 1680 g/mol. The topological polar surface area (TPSA) is 163 Å². The Morgan fingerprint density at radius 1 is 0.444 bits per heavy atom. The minimum atomic E-state index is -1.13. The van der Waals surface area contributed by atoms with E-state index < -0.39 is 46.8 Å². The molecule has 2 fully saturated rings. The number of carbonyl (C=O) groups is 3. The molecule has 9 unspecified atom stereocenters. The molecule has 0 spiro atoms. The van der Waals surface area contributed by atoms with Crippen molar-refractivity contribution < 1.29 is 50.9 Å². The Hall–Kier alpha value is -11.0. The van der Waals surface area contributed by atoms with Crippen LogP contribution in [-0.4, -0.2) is 89.1 Å². The Morgan fingerprint density at radius 3 is 1.28 bits per heavy atom. The fraction of sp³-hybridized carbons (Fsp3) is 0.253. The van der Waals surface area contributed by atoms with Crippen LogP contribution >= 0.6 is 39.1 Å². The number of aryl methyl sites for hydroxylation is 2. The van der Waals surface area contributed by atoms with Crippen LogP contribution < -0.4 is 25.8 Å². The zero-order chi connectivity index (χ0) is 81.8. The molecule has 20 rings (SSSR count). The third-order valence-electron chi connectivity index (χ3n) is 24.3. The molecule has 0 saturated carbocycles. The monoisotopic (exact) mass is 1680 g/mol. The van der Waals surface area contributed by atoms with Gasteiger partial charge in [-0.1, -0.05) is 191 Å². The van der Waals surface area contributed by atoms with Crippen molar-refractivity contribution in [3.63, 3.8) is 0 Å². The number of carboxylic acids is 2. The van der Waals surface area contributed by atoms with Crippen molar-refractivity contribution in [2.24, 2.45) is 17.8 Å². The molecule has 117 heavy (non-hydrogen) atoms. The van der Waals surface area contributed by atoms with E-state index in [1.165, 1.54) is 16.7 Å².